The number of rotatable bonds is 4. The zero-order chi connectivity index (χ0) is 22.4. The number of aromatic nitrogens is 3. The molecule has 0 fully saturated rings. The molecule has 0 spiro atoms. The molecule has 1 unspecified atom stereocenters. The van der Waals surface area contributed by atoms with Gasteiger partial charge in [-0.05, 0) is 31.2 Å². The maximum Gasteiger partial charge on any atom is 0.425 e. The van der Waals surface area contributed by atoms with Crippen LogP contribution in [0.3, 0.4) is 0 Å². The Balaban J connectivity index is 1.71. The normalized spacial score (nSPS) is 13.5. The molecule has 0 amide bonds. The molecule has 11 heteroatoms. The number of nitrogens with zero attached hydrogens (tertiary/aromatic N) is 2. The van der Waals surface area contributed by atoms with E-state index in [1.165, 1.54) is 0 Å². The number of hydrogen-bond donors (Lipinski definition) is 1. The van der Waals surface area contributed by atoms with Crippen LogP contribution in [0, 0.1) is 0 Å². The summed E-state index contributed by atoms with van der Waals surface area (Å²) in [5.74, 6) is -1.02. The van der Waals surface area contributed by atoms with E-state index in [2.05, 4.69) is 19.9 Å². The minimum absolute atomic E-state index is 0.113. The summed E-state index contributed by atoms with van der Waals surface area (Å²) in [5, 5.41) is 4.60. The monoisotopic (exact) mass is 441 g/mol. The SMILES string of the molecule is CC(Oc1ccc(-c2nc(-c3c[nH]c4ccccc34)no2)cc1C(F)(F)F)C(F)(F)F. The molecule has 5 nitrogen and oxygen atoms in total. The Labute approximate surface area is 170 Å². The number of aromatic amines is 1. The largest absolute Gasteiger partial charge is 0.481 e. The van der Waals surface area contributed by atoms with Crippen molar-refractivity contribution in [3.8, 4) is 28.6 Å². The van der Waals surface area contributed by atoms with Crippen molar-refractivity contribution < 1.29 is 35.6 Å². The summed E-state index contributed by atoms with van der Waals surface area (Å²) in [6.45, 7) is 0.625. The van der Waals surface area contributed by atoms with Crippen LogP contribution < -0.4 is 4.74 Å². The third kappa shape index (κ3) is 4.07. The van der Waals surface area contributed by atoms with Crippen molar-refractivity contribution in [2.24, 2.45) is 0 Å². The number of H-pyrrole nitrogens is 1. The summed E-state index contributed by atoms with van der Waals surface area (Å²) in [4.78, 5) is 7.16. The van der Waals surface area contributed by atoms with Crippen molar-refractivity contribution in [2.45, 2.75) is 25.4 Å². The zero-order valence-electron chi connectivity index (χ0n) is 15.7. The number of alkyl halides is 6. The molecule has 1 N–H and O–H groups in total. The van der Waals surface area contributed by atoms with Crippen LogP contribution in [0.5, 0.6) is 5.75 Å². The van der Waals surface area contributed by atoms with Crippen LogP contribution in [0.1, 0.15) is 12.5 Å². The van der Waals surface area contributed by atoms with Gasteiger partial charge in [0.2, 0.25) is 5.82 Å². The minimum atomic E-state index is -4.96. The van der Waals surface area contributed by atoms with E-state index in [-0.39, 0.29) is 17.3 Å². The summed E-state index contributed by atoms with van der Waals surface area (Å²) < 4.78 is 88.2. The third-order valence-electron chi connectivity index (χ3n) is 4.55. The van der Waals surface area contributed by atoms with Crippen LogP contribution in [0.25, 0.3) is 33.7 Å². The van der Waals surface area contributed by atoms with E-state index in [0.717, 1.165) is 23.0 Å². The predicted molar refractivity (Wildman–Crippen MR) is 98.2 cm³/mol. The van der Waals surface area contributed by atoms with Gasteiger partial charge in [-0.1, -0.05) is 23.4 Å². The van der Waals surface area contributed by atoms with Crippen molar-refractivity contribution in [1.29, 1.82) is 0 Å². The molecule has 0 saturated heterocycles. The van der Waals surface area contributed by atoms with Gasteiger partial charge in [0.25, 0.3) is 5.89 Å². The summed E-state index contributed by atoms with van der Waals surface area (Å²) in [5.41, 5.74) is -0.102. The average molecular weight is 441 g/mol. The van der Waals surface area contributed by atoms with Crippen molar-refractivity contribution in [2.75, 3.05) is 0 Å². The lowest BCUT2D eigenvalue weighted by molar-refractivity contribution is -0.191. The molecular weight excluding hydrogens is 428 g/mol. The molecule has 0 saturated carbocycles. The fourth-order valence-electron chi connectivity index (χ4n) is 2.95. The Hall–Kier alpha value is -3.50. The fraction of sp³-hybridized carbons (Fsp3) is 0.200. The van der Waals surface area contributed by atoms with Gasteiger partial charge in [-0.25, -0.2) is 0 Å². The van der Waals surface area contributed by atoms with Crippen molar-refractivity contribution in [3.05, 3.63) is 54.2 Å². The van der Waals surface area contributed by atoms with E-state index in [9.17, 15) is 26.3 Å². The number of fused-ring (bicyclic) bond motifs is 1. The molecule has 162 valence electrons. The molecular formula is C20H13F6N3O2. The first kappa shape index (κ1) is 20.8. The number of ether oxygens (including phenoxy) is 1. The first-order chi connectivity index (χ1) is 14.5. The van der Waals surface area contributed by atoms with Crippen molar-refractivity contribution in [1.82, 2.24) is 15.1 Å². The predicted octanol–water partition coefficient (Wildman–Crippen LogP) is 6.23. The van der Waals surface area contributed by atoms with E-state index in [1.54, 1.807) is 12.3 Å². The van der Waals surface area contributed by atoms with Gasteiger partial charge in [-0.2, -0.15) is 31.3 Å². The Kier molecular flexibility index (Phi) is 4.91. The molecule has 2 heterocycles. The lowest BCUT2D eigenvalue weighted by atomic mass is 10.1. The van der Waals surface area contributed by atoms with E-state index in [0.29, 0.717) is 18.6 Å². The van der Waals surface area contributed by atoms with Crippen LogP contribution in [0.15, 0.2) is 53.2 Å². The van der Waals surface area contributed by atoms with E-state index in [1.807, 2.05) is 18.2 Å². The highest BCUT2D eigenvalue weighted by molar-refractivity contribution is 5.93. The second-order valence-electron chi connectivity index (χ2n) is 6.68. The minimum Gasteiger partial charge on any atom is -0.481 e. The number of benzene rings is 2. The Morgan fingerprint density at radius 2 is 1.77 bits per heavy atom. The van der Waals surface area contributed by atoms with Gasteiger partial charge in [0.1, 0.15) is 5.75 Å². The van der Waals surface area contributed by atoms with Gasteiger partial charge in [0, 0.05) is 28.2 Å². The lowest BCUT2D eigenvalue weighted by Gasteiger charge is -2.20. The van der Waals surface area contributed by atoms with Crippen molar-refractivity contribution >= 4 is 10.9 Å². The van der Waals surface area contributed by atoms with E-state index < -0.39 is 29.8 Å². The molecule has 2 aromatic heterocycles. The second-order valence-corrected chi connectivity index (χ2v) is 6.68. The molecule has 0 aliphatic heterocycles. The first-order valence-electron chi connectivity index (χ1n) is 8.89. The fourth-order valence-corrected chi connectivity index (χ4v) is 2.95. The third-order valence-corrected chi connectivity index (χ3v) is 4.55. The lowest BCUT2D eigenvalue weighted by Crippen LogP contribution is -2.31. The van der Waals surface area contributed by atoms with Gasteiger partial charge in [-0.15, -0.1) is 0 Å². The van der Waals surface area contributed by atoms with Crippen LogP contribution in [0.2, 0.25) is 0 Å². The molecule has 1 atom stereocenters. The molecule has 4 aromatic rings. The second kappa shape index (κ2) is 7.33. The molecule has 0 bridgehead atoms. The average Bonchev–Trinajstić information content (AvgIpc) is 3.33. The standard InChI is InChI=1S/C20H13F6N3O2/c1-10(19(21,22)23)30-16-7-6-11(8-14(16)20(24,25)26)18-28-17(29-31-18)13-9-27-15-5-3-2-4-12(13)15/h2-10,27H,1H3. The summed E-state index contributed by atoms with van der Waals surface area (Å²) in [7, 11) is 0. The van der Waals surface area contributed by atoms with Gasteiger partial charge >= 0.3 is 12.4 Å². The number of para-hydroxylation sites is 1. The number of halogens is 6. The first-order valence-corrected chi connectivity index (χ1v) is 8.89. The zero-order valence-corrected chi connectivity index (χ0v) is 15.7. The quantitative estimate of drug-likeness (QED) is 0.381. The smallest absolute Gasteiger partial charge is 0.425 e. The highest BCUT2D eigenvalue weighted by Gasteiger charge is 2.41. The van der Waals surface area contributed by atoms with Gasteiger partial charge < -0.3 is 14.2 Å². The topological polar surface area (TPSA) is 63.9 Å². The van der Waals surface area contributed by atoms with Gasteiger partial charge in [0.05, 0.1) is 5.56 Å². The summed E-state index contributed by atoms with van der Waals surface area (Å²) in [6, 6.07) is 9.81. The summed E-state index contributed by atoms with van der Waals surface area (Å²) >= 11 is 0. The van der Waals surface area contributed by atoms with E-state index >= 15 is 0 Å². The molecule has 0 radical (unpaired) electrons. The molecule has 0 aliphatic rings. The van der Waals surface area contributed by atoms with Crippen molar-refractivity contribution in [3.63, 3.8) is 0 Å². The van der Waals surface area contributed by atoms with Crippen LogP contribution >= 0.6 is 0 Å². The highest BCUT2D eigenvalue weighted by Crippen LogP contribution is 2.40. The Morgan fingerprint density at radius 3 is 2.48 bits per heavy atom. The van der Waals surface area contributed by atoms with Gasteiger partial charge in [-0.3, -0.25) is 0 Å². The molecule has 2 aromatic carbocycles. The summed E-state index contributed by atoms with van der Waals surface area (Å²) in [6.07, 6.45) is -10.6. The Bertz CT molecular complexity index is 1230. The van der Waals surface area contributed by atoms with Crippen LogP contribution in [-0.2, 0) is 6.18 Å². The van der Waals surface area contributed by atoms with Gasteiger partial charge in [0.15, 0.2) is 6.10 Å². The molecule has 4 rings (SSSR count). The molecule has 31 heavy (non-hydrogen) atoms. The number of nitrogens with one attached hydrogen (secondary N) is 1. The maximum absolute atomic E-state index is 13.5. The Morgan fingerprint density at radius 1 is 1.03 bits per heavy atom. The number of hydrogen-bond acceptors (Lipinski definition) is 4. The highest BCUT2D eigenvalue weighted by atomic mass is 19.4. The van der Waals surface area contributed by atoms with E-state index in [4.69, 9.17) is 4.52 Å². The molecule has 0 aliphatic carbocycles. The van der Waals surface area contributed by atoms with Crippen LogP contribution in [-0.4, -0.2) is 27.4 Å². The van der Waals surface area contributed by atoms with Crippen LogP contribution in [0.4, 0.5) is 26.3 Å². The maximum atomic E-state index is 13.5.